The molecule has 0 amide bonds. The molecule has 0 bridgehead atoms. The van der Waals surface area contributed by atoms with Crippen LogP contribution in [0.5, 0.6) is 0 Å². The molecule has 0 aliphatic heterocycles. The average molecular weight is 455 g/mol. The van der Waals surface area contributed by atoms with Gasteiger partial charge in [-0.3, -0.25) is 0 Å². The van der Waals surface area contributed by atoms with E-state index in [1.807, 2.05) is 0 Å². The van der Waals surface area contributed by atoms with Gasteiger partial charge in [-0.15, -0.1) is 0 Å². The first-order valence-electron chi connectivity index (χ1n) is 0.617. The van der Waals surface area contributed by atoms with Gasteiger partial charge in [0.2, 0.25) is 0 Å². The fourth-order valence-corrected chi connectivity index (χ4v) is 0. The van der Waals surface area contributed by atoms with E-state index in [2.05, 4.69) is 0 Å². The Labute approximate surface area is 57.0 Å². The first-order valence-corrected chi connectivity index (χ1v) is 5.05. The summed E-state index contributed by atoms with van der Waals surface area (Å²) in [5.41, 5.74) is 0. The van der Waals surface area contributed by atoms with Crippen molar-refractivity contribution in [3.05, 3.63) is 0 Å². The van der Waals surface area contributed by atoms with Gasteiger partial charge in [0.1, 0.15) is 0 Å². The zero-order chi connectivity index (χ0) is 4.50. The molecule has 6 heavy (non-hydrogen) atoms. The maximum absolute atomic E-state index is 8.64. The summed E-state index contributed by atoms with van der Waals surface area (Å²) in [6, 6.07) is 0. The van der Waals surface area contributed by atoms with Crippen molar-refractivity contribution in [3.8, 4) is 0 Å². The molecule has 0 N–H and O–H groups in total. The maximum Gasteiger partial charge on any atom is 1.00 e. The summed E-state index contributed by atoms with van der Waals surface area (Å²) in [5.74, 6) is 0. The van der Waals surface area contributed by atoms with E-state index in [0.717, 1.165) is 0 Å². The van der Waals surface area contributed by atoms with Crippen LogP contribution in [0.2, 0.25) is 0 Å². The van der Waals surface area contributed by atoms with Crippen LogP contribution in [0, 0.1) is 0 Å². The fraction of sp³-hybridized carbons (Fsp3) is 0. The summed E-state index contributed by atoms with van der Waals surface area (Å²) in [6.45, 7) is 0. The second-order valence-corrected chi connectivity index (χ2v) is 3.09. The first kappa shape index (κ1) is 10.0. The molecule has 34 valence electrons. The van der Waals surface area contributed by atoms with E-state index in [-0.39, 0.29) is 27.3 Å². The number of hydrogen-bond acceptors (Lipinski definition) is 4. The predicted octanol–water partition coefficient (Wildman–Crippen LogP) is -1.93. The normalized spacial score (nSPS) is 9.50. The molecule has 0 aromatic heterocycles. The zero-order valence-corrected chi connectivity index (χ0v) is 9.79. The molecule has 0 aliphatic carbocycles. The topological polar surface area (TPSA) is 74.3 Å². The molecule has 6 heteroatoms. The van der Waals surface area contributed by atoms with Gasteiger partial charge in [-0.2, -0.15) is 0 Å². The van der Waals surface area contributed by atoms with Crippen LogP contribution in [0.1, 0.15) is 0 Å². The summed E-state index contributed by atoms with van der Waals surface area (Å²) in [7, 11) is 0. The molecule has 0 fully saturated rings. The minimum absolute atomic E-state index is 0. The Morgan fingerprint density at radius 1 is 1.17 bits per heavy atom. The van der Waals surface area contributed by atoms with Crippen LogP contribution in [-0.4, -0.2) is 27.3 Å². The van der Waals surface area contributed by atoms with Gasteiger partial charge in [0.25, 0.3) is 0 Å². The van der Waals surface area contributed by atoms with Crippen LogP contribution in [0.3, 0.4) is 0 Å². The quantitative estimate of drug-likeness (QED) is 0.400. The van der Waals surface area contributed by atoms with Crippen molar-refractivity contribution in [2.45, 2.75) is 0 Å². The molecule has 0 heterocycles. The minimum Gasteiger partial charge on any atom is 1.00 e. The zero-order valence-electron chi connectivity index (χ0n) is 2.59. The van der Waals surface area contributed by atoms with E-state index >= 15 is 0 Å². The largest absolute Gasteiger partial charge is 1.00 e. The smallest absolute Gasteiger partial charge is 1.00 e. The van der Waals surface area contributed by atoms with Gasteiger partial charge in [0, 0.05) is 0 Å². The van der Waals surface area contributed by atoms with E-state index in [9.17, 15) is 0 Å². The average Bonchev–Trinajstić information content (AvgIpc) is 0.722. The Morgan fingerprint density at radius 2 is 1.17 bits per heavy atom. The van der Waals surface area contributed by atoms with Crippen LogP contribution in [0.4, 0.5) is 0 Å². The second-order valence-electron chi connectivity index (χ2n) is 0.378. The molecular weight excluding hydrogens is 455 g/mol. The molecule has 4 nitrogen and oxygen atoms in total. The van der Waals surface area contributed by atoms with Crippen molar-refractivity contribution < 1.29 is 30.0 Å². The van der Waals surface area contributed by atoms with Gasteiger partial charge < -0.3 is 0 Å². The standard InChI is InChI=1S/4O.Re.Tl/q;;;-1;;+1. The van der Waals surface area contributed by atoms with Crippen molar-refractivity contribution in [2.24, 2.45) is 0 Å². The van der Waals surface area contributed by atoms with Crippen LogP contribution in [-0.2, 0) is 26.2 Å². The Bertz CT molecular complexity index is 129. The molecule has 0 atom stereocenters. The first-order chi connectivity index (χ1) is 2.00. The Kier molecular flexibility index (Phi) is 5.04. The fourth-order valence-electron chi connectivity index (χ4n) is 0. The molecule has 0 rings (SSSR count). The van der Waals surface area contributed by atoms with E-state index < -0.39 is 15.8 Å². The van der Waals surface area contributed by atoms with Crippen molar-refractivity contribution in [1.82, 2.24) is 0 Å². The molecule has 0 aromatic carbocycles. The second kappa shape index (κ2) is 3.01. The Morgan fingerprint density at radius 3 is 1.17 bits per heavy atom. The Balaban J connectivity index is 0. The predicted molar refractivity (Wildman–Crippen MR) is 7.81 cm³/mol. The summed E-state index contributed by atoms with van der Waals surface area (Å²) in [5, 5.41) is 0. The number of hydrogen-bond donors (Lipinski definition) is 0. The molecule has 0 aromatic rings. The van der Waals surface area contributed by atoms with Crippen LogP contribution in [0.15, 0.2) is 0 Å². The minimum atomic E-state index is -6.11. The van der Waals surface area contributed by atoms with Crippen LogP contribution in [0.25, 0.3) is 0 Å². The molecule has 0 unspecified atom stereocenters. The van der Waals surface area contributed by atoms with Crippen LogP contribution < -0.4 is 3.83 Å². The van der Waals surface area contributed by atoms with E-state index in [1.165, 1.54) is 0 Å². The van der Waals surface area contributed by atoms with Gasteiger partial charge in [0.15, 0.2) is 0 Å². The maximum atomic E-state index is 8.64. The van der Waals surface area contributed by atoms with Gasteiger partial charge in [-0.25, -0.2) is 0 Å². The molecule has 0 spiro atoms. The van der Waals surface area contributed by atoms with Crippen LogP contribution >= 0.6 is 0 Å². The van der Waals surface area contributed by atoms with E-state index in [4.69, 9.17) is 14.2 Å². The third-order valence-corrected chi connectivity index (χ3v) is 0. The monoisotopic (exact) mass is 456 g/mol. The molecule has 0 saturated carbocycles. The van der Waals surface area contributed by atoms with Gasteiger partial charge in [0.05, 0.1) is 0 Å². The number of rotatable bonds is 0. The third-order valence-electron chi connectivity index (χ3n) is 0. The van der Waals surface area contributed by atoms with E-state index in [0.29, 0.717) is 0 Å². The third kappa shape index (κ3) is 86.2. The van der Waals surface area contributed by atoms with Crippen molar-refractivity contribution in [1.29, 1.82) is 0 Å². The van der Waals surface area contributed by atoms with E-state index in [1.54, 1.807) is 0 Å². The SMILES string of the molecule is [O]=[Re](=[O])(=[O])[O-].[Tl+]. The van der Waals surface area contributed by atoms with Gasteiger partial charge in [-0.05, 0) is 0 Å². The molecule has 0 saturated heterocycles. The summed E-state index contributed by atoms with van der Waals surface area (Å²) >= 11 is -6.11. The van der Waals surface area contributed by atoms with Crippen molar-refractivity contribution in [3.63, 3.8) is 0 Å². The van der Waals surface area contributed by atoms with Crippen molar-refractivity contribution >= 4 is 27.3 Å². The molecule has 0 radical (unpaired) electrons. The summed E-state index contributed by atoms with van der Waals surface area (Å²) in [4.78, 5) is 0. The van der Waals surface area contributed by atoms with Gasteiger partial charge >= 0.3 is 57.3 Å². The Hall–Kier alpha value is 0.944. The van der Waals surface area contributed by atoms with Crippen molar-refractivity contribution in [2.75, 3.05) is 0 Å². The van der Waals surface area contributed by atoms with Gasteiger partial charge in [-0.1, -0.05) is 0 Å². The summed E-state index contributed by atoms with van der Waals surface area (Å²) in [6.07, 6.45) is 0. The summed E-state index contributed by atoms with van der Waals surface area (Å²) < 4.78 is 34.6. The molecule has 0 aliphatic rings. The molecular formula is O4ReTl.